The molecule has 1 N–H and O–H groups in total. The Balaban J connectivity index is 1.42. The number of piperazine rings is 1. The molecule has 1 atom stereocenters. The van der Waals surface area contributed by atoms with E-state index in [9.17, 15) is 18.0 Å². The number of ether oxygens (including phenoxy) is 1. The van der Waals surface area contributed by atoms with Crippen molar-refractivity contribution in [2.45, 2.75) is 38.1 Å². The molecular formula is C30H34N4O5S. The molecule has 1 unspecified atom stereocenters. The van der Waals surface area contributed by atoms with Crippen molar-refractivity contribution in [1.29, 1.82) is 0 Å². The molecule has 3 aromatic rings. The smallest absolute Gasteiger partial charge is 0.265 e. The van der Waals surface area contributed by atoms with Crippen LogP contribution in [0.2, 0.25) is 0 Å². The van der Waals surface area contributed by atoms with Crippen LogP contribution >= 0.6 is 0 Å². The van der Waals surface area contributed by atoms with Gasteiger partial charge in [0.2, 0.25) is 11.8 Å². The normalized spacial score (nSPS) is 17.4. The number of anilines is 3. The third-order valence-electron chi connectivity index (χ3n) is 7.53. The van der Waals surface area contributed by atoms with E-state index in [1.54, 1.807) is 50.1 Å². The van der Waals surface area contributed by atoms with E-state index in [1.807, 2.05) is 43.3 Å². The maximum atomic E-state index is 14.3. The maximum Gasteiger partial charge on any atom is 0.265 e. The van der Waals surface area contributed by atoms with Gasteiger partial charge in [-0.3, -0.25) is 13.9 Å². The Morgan fingerprint density at radius 1 is 0.925 bits per heavy atom. The molecule has 210 valence electrons. The van der Waals surface area contributed by atoms with Crippen LogP contribution in [0.5, 0.6) is 5.75 Å². The van der Waals surface area contributed by atoms with Crippen LogP contribution < -0.4 is 19.3 Å². The lowest BCUT2D eigenvalue weighted by Crippen LogP contribution is -2.55. The molecule has 3 aromatic carbocycles. The molecule has 0 saturated carbocycles. The van der Waals surface area contributed by atoms with Gasteiger partial charge in [0, 0.05) is 26.2 Å². The highest BCUT2D eigenvalue weighted by molar-refractivity contribution is 7.93. The van der Waals surface area contributed by atoms with Gasteiger partial charge in [0.15, 0.2) is 0 Å². The van der Waals surface area contributed by atoms with Gasteiger partial charge in [-0.05, 0) is 56.2 Å². The minimum absolute atomic E-state index is 0.158. The van der Waals surface area contributed by atoms with Gasteiger partial charge < -0.3 is 19.9 Å². The van der Waals surface area contributed by atoms with Gasteiger partial charge in [0.25, 0.3) is 10.0 Å². The number of amides is 2. The highest BCUT2D eigenvalue weighted by Gasteiger charge is 2.43. The Morgan fingerprint density at radius 2 is 1.52 bits per heavy atom. The number of carbonyl (C=O) groups is 2. The van der Waals surface area contributed by atoms with Crippen molar-refractivity contribution in [2.24, 2.45) is 0 Å². The molecule has 0 bridgehead atoms. The lowest BCUT2D eigenvalue weighted by Gasteiger charge is -2.40. The minimum atomic E-state index is -4.18. The van der Waals surface area contributed by atoms with Gasteiger partial charge in [-0.1, -0.05) is 42.0 Å². The Hall–Kier alpha value is -4.05. The Morgan fingerprint density at radius 3 is 2.17 bits per heavy atom. The molecule has 10 heteroatoms. The van der Waals surface area contributed by atoms with Gasteiger partial charge >= 0.3 is 0 Å². The van der Waals surface area contributed by atoms with Crippen LogP contribution in [0.15, 0.2) is 65.6 Å². The van der Waals surface area contributed by atoms with Crippen molar-refractivity contribution in [3.8, 4) is 5.75 Å². The minimum Gasteiger partial charge on any atom is -0.495 e. The summed E-state index contributed by atoms with van der Waals surface area (Å²) in [7, 11) is -2.55. The van der Waals surface area contributed by atoms with E-state index in [0.29, 0.717) is 48.7 Å². The van der Waals surface area contributed by atoms with Gasteiger partial charge in [-0.25, -0.2) is 8.42 Å². The Bertz CT molecular complexity index is 1540. The van der Waals surface area contributed by atoms with E-state index < -0.39 is 22.0 Å². The van der Waals surface area contributed by atoms with E-state index in [1.165, 1.54) is 0 Å². The predicted octanol–water partition coefficient (Wildman–Crippen LogP) is 3.88. The number of sulfonamides is 1. The molecule has 2 aliphatic heterocycles. The van der Waals surface area contributed by atoms with Crippen molar-refractivity contribution in [2.75, 3.05) is 47.8 Å². The van der Waals surface area contributed by atoms with Crippen LogP contribution in [0.4, 0.5) is 17.1 Å². The molecule has 5 rings (SSSR count). The second-order valence-corrected chi connectivity index (χ2v) is 12.0. The molecule has 2 amide bonds. The molecule has 0 aromatic heterocycles. The number of nitrogens with zero attached hydrogens (tertiary/aromatic N) is 3. The van der Waals surface area contributed by atoms with Crippen LogP contribution in [0.1, 0.15) is 23.1 Å². The first-order valence-electron chi connectivity index (χ1n) is 13.3. The molecule has 2 heterocycles. The summed E-state index contributed by atoms with van der Waals surface area (Å²) in [6.07, 6.45) is -0.266. The number of rotatable bonds is 6. The summed E-state index contributed by atoms with van der Waals surface area (Å²) in [5, 5.41) is 2.81. The molecule has 2 aliphatic rings. The quantitative estimate of drug-likeness (QED) is 0.490. The van der Waals surface area contributed by atoms with E-state index in [0.717, 1.165) is 21.3 Å². The fourth-order valence-electron chi connectivity index (χ4n) is 5.79. The molecular weight excluding hydrogens is 528 g/mol. The van der Waals surface area contributed by atoms with E-state index >= 15 is 0 Å². The summed E-state index contributed by atoms with van der Waals surface area (Å²) in [4.78, 5) is 31.0. The zero-order chi connectivity index (χ0) is 28.6. The van der Waals surface area contributed by atoms with Crippen molar-refractivity contribution in [3.63, 3.8) is 0 Å². The first-order chi connectivity index (χ1) is 19.1. The summed E-state index contributed by atoms with van der Waals surface area (Å²) in [5.74, 6) is -0.0233. The Kier molecular flexibility index (Phi) is 7.46. The van der Waals surface area contributed by atoms with Crippen molar-refractivity contribution in [3.05, 3.63) is 77.4 Å². The number of nitrogens with one attached hydrogen (secondary N) is 1. The van der Waals surface area contributed by atoms with Crippen LogP contribution in [0.25, 0.3) is 0 Å². The third-order valence-corrected chi connectivity index (χ3v) is 9.66. The number of aryl methyl sites for hydroxylation is 3. The molecule has 0 spiro atoms. The number of methoxy groups -OCH3 is 1. The van der Waals surface area contributed by atoms with Crippen LogP contribution in [0, 0.1) is 20.8 Å². The van der Waals surface area contributed by atoms with E-state index in [2.05, 4.69) is 10.2 Å². The van der Waals surface area contributed by atoms with Gasteiger partial charge in [0.1, 0.15) is 11.8 Å². The molecule has 1 fully saturated rings. The molecule has 0 radical (unpaired) electrons. The number of fused-ring (bicyclic) bond motifs is 1. The van der Waals surface area contributed by atoms with Gasteiger partial charge in [0.05, 0.1) is 35.5 Å². The fraction of sp³-hybridized carbons (Fsp3) is 0.333. The number of benzene rings is 3. The van der Waals surface area contributed by atoms with E-state index in [4.69, 9.17) is 4.74 Å². The lowest BCUT2D eigenvalue weighted by molar-refractivity contribution is -0.133. The third kappa shape index (κ3) is 4.99. The van der Waals surface area contributed by atoms with Crippen molar-refractivity contribution in [1.82, 2.24) is 4.90 Å². The van der Waals surface area contributed by atoms with Crippen LogP contribution in [-0.2, 0) is 19.6 Å². The number of hydrogen-bond acceptors (Lipinski definition) is 6. The highest BCUT2D eigenvalue weighted by Crippen LogP contribution is 2.39. The van der Waals surface area contributed by atoms with Crippen molar-refractivity contribution >= 4 is 38.9 Å². The molecule has 1 saturated heterocycles. The average Bonchev–Trinajstić information content (AvgIpc) is 2.92. The second-order valence-electron chi connectivity index (χ2n) is 10.3. The first kappa shape index (κ1) is 27.5. The van der Waals surface area contributed by atoms with E-state index in [-0.39, 0.29) is 17.2 Å². The maximum absolute atomic E-state index is 14.3. The topological polar surface area (TPSA) is 99.3 Å². The summed E-state index contributed by atoms with van der Waals surface area (Å²) in [6, 6.07) is 16.9. The average molecular weight is 563 g/mol. The first-order valence-corrected chi connectivity index (χ1v) is 14.7. The van der Waals surface area contributed by atoms with Gasteiger partial charge in [-0.2, -0.15) is 0 Å². The summed E-state index contributed by atoms with van der Waals surface area (Å²) in [6.45, 7) is 7.50. The second kappa shape index (κ2) is 10.8. The SMILES string of the molecule is COc1ccccc1N1CCN(C(=O)CC2C(=O)Nc3ccccc3N2S(=O)(=O)c2c(C)cc(C)cc2C)CC1. The number of para-hydroxylation sites is 4. The summed E-state index contributed by atoms with van der Waals surface area (Å²) in [5.41, 5.74) is 3.84. The largest absolute Gasteiger partial charge is 0.495 e. The van der Waals surface area contributed by atoms with Crippen LogP contribution in [0.3, 0.4) is 0 Å². The van der Waals surface area contributed by atoms with Crippen molar-refractivity contribution < 1.29 is 22.7 Å². The summed E-state index contributed by atoms with van der Waals surface area (Å²) < 4.78 is 35.2. The zero-order valence-electron chi connectivity index (χ0n) is 23.2. The molecule has 0 aliphatic carbocycles. The highest BCUT2D eigenvalue weighted by atomic mass is 32.2. The van der Waals surface area contributed by atoms with Crippen LogP contribution in [-0.4, -0.2) is 64.5 Å². The monoisotopic (exact) mass is 562 g/mol. The zero-order valence-corrected chi connectivity index (χ0v) is 24.0. The number of carbonyl (C=O) groups excluding carboxylic acids is 2. The number of hydrogen-bond donors (Lipinski definition) is 1. The van der Waals surface area contributed by atoms with Gasteiger partial charge in [-0.15, -0.1) is 0 Å². The fourth-order valence-corrected chi connectivity index (χ4v) is 7.84. The molecule has 40 heavy (non-hydrogen) atoms. The standard InChI is InChI=1S/C30H34N4O5S/c1-20-17-21(2)29(22(3)18-20)40(37,38)34-24-10-6-5-9-23(24)31-30(36)26(34)19-28(35)33-15-13-32(14-16-33)25-11-7-8-12-27(25)39-4/h5-12,17-18,26H,13-16,19H2,1-4H3,(H,31,36). The predicted molar refractivity (Wildman–Crippen MR) is 156 cm³/mol. The summed E-state index contributed by atoms with van der Waals surface area (Å²) >= 11 is 0. The lowest BCUT2D eigenvalue weighted by atomic mass is 10.1. The Labute approximate surface area is 235 Å². The molecule has 9 nitrogen and oxygen atoms in total.